The Kier molecular flexibility index (Phi) is 4.04. The van der Waals surface area contributed by atoms with E-state index in [2.05, 4.69) is 5.32 Å². The van der Waals surface area contributed by atoms with E-state index in [1.54, 1.807) is 24.3 Å². The van der Waals surface area contributed by atoms with E-state index in [1.807, 2.05) is 6.07 Å². The summed E-state index contributed by atoms with van der Waals surface area (Å²) in [5.74, 6) is -1.80. The summed E-state index contributed by atoms with van der Waals surface area (Å²) in [5, 5.41) is 42.4. The largest absolute Gasteiger partial charge is 0.504 e. The molecule has 0 spiro atoms. The van der Waals surface area contributed by atoms with Crippen LogP contribution in [0.4, 0.5) is 5.69 Å². The molecule has 0 unspecified atom stereocenters. The summed E-state index contributed by atoms with van der Waals surface area (Å²) in [6, 6.07) is 14.2. The Morgan fingerprint density at radius 3 is 2.32 bits per heavy atom. The fourth-order valence-electron chi connectivity index (χ4n) is 2.89. The molecule has 7 heteroatoms. The average Bonchev–Trinajstić information content (AvgIpc) is 2.99. The van der Waals surface area contributed by atoms with Crippen LogP contribution < -0.4 is 10.1 Å². The molecule has 0 amide bonds. The molecule has 0 atom stereocenters. The number of aromatic hydroxyl groups is 4. The lowest BCUT2D eigenvalue weighted by molar-refractivity contribution is 0.103. The van der Waals surface area contributed by atoms with Crippen LogP contribution in [0.5, 0.6) is 34.5 Å². The van der Waals surface area contributed by atoms with Crippen molar-refractivity contribution in [2.75, 3.05) is 5.32 Å². The predicted molar refractivity (Wildman–Crippen MR) is 102 cm³/mol. The molecule has 0 saturated carbocycles. The van der Waals surface area contributed by atoms with Crippen molar-refractivity contribution < 1.29 is 30.0 Å². The summed E-state index contributed by atoms with van der Waals surface area (Å²) >= 11 is 0. The molecule has 1 heterocycles. The van der Waals surface area contributed by atoms with Crippen LogP contribution in [0, 0.1) is 0 Å². The summed E-state index contributed by atoms with van der Waals surface area (Å²) < 4.78 is 5.59. The third-order valence-corrected chi connectivity index (χ3v) is 4.26. The number of Topliss-reactive ketones (excluding diaryl/α,β-unsaturated/α-hetero) is 1. The monoisotopic (exact) mass is 377 g/mol. The van der Waals surface area contributed by atoms with Crippen molar-refractivity contribution in [3.05, 3.63) is 71.4 Å². The van der Waals surface area contributed by atoms with Gasteiger partial charge in [-0.2, -0.15) is 0 Å². The highest BCUT2D eigenvalue weighted by Crippen LogP contribution is 2.47. The number of carbonyl (C=O) groups excluding carboxylic acids is 1. The summed E-state index contributed by atoms with van der Waals surface area (Å²) in [6.07, 6.45) is 1.45. The standard InChI is InChI=1S/C21H15NO6/c23-15-7-6-11(9-16(15)24)8-14-19(25)18-13(22-14)10-17(20(26)21(18)27)28-12-4-2-1-3-5-12/h1-10,22-24,26-27H. The lowest BCUT2D eigenvalue weighted by Gasteiger charge is -2.11. The van der Waals surface area contributed by atoms with Gasteiger partial charge in [0, 0.05) is 6.07 Å². The zero-order valence-corrected chi connectivity index (χ0v) is 14.4. The van der Waals surface area contributed by atoms with Gasteiger partial charge in [0.05, 0.1) is 16.9 Å². The van der Waals surface area contributed by atoms with E-state index >= 15 is 0 Å². The Morgan fingerprint density at radius 1 is 0.857 bits per heavy atom. The molecule has 0 aliphatic carbocycles. The van der Waals surface area contributed by atoms with Gasteiger partial charge in [-0.1, -0.05) is 24.3 Å². The summed E-state index contributed by atoms with van der Waals surface area (Å²) in [6.45, 7) is 0. The van der Waals surface area contributed by atoms with Crippen molar-refractivity contribution in [1.82, 2.24) is 0 Å². The maximum Gasteiger partial charge on any atom is 0.215 e. The smallest absolute Gasteiger partial charge is 0.215 e. The number of hydrogen-bond donors (Lipinski definition) is 5. The van der Waals surface area contributed by atoms with Crippen molar-refractivity contribution in [2.24, 2.45) is 0 Å². The van der Waals surface area contributed by atoms with Gasteiger partial charge in [-0.25, -0.2) is 0 Å². The van der Waals surface area contributed by atoms with E-state index in [-0.39, 0.29) is 34.2 Å². The molecule has 0 saturated heterocycles. The second-order valence-electron chi connectivity index (χ2n) is 6.17. The molecule has 1 aliphatic heterocycles. The molecule has 28 heavy (non-hydrogen) atoms. The number of ketones is 1. The summed E-state index contributed by atoms with van der Waals surface area (Å²) in [5.41, 5.74) is 0.794. The highest BCUT2D eigenvalue weighted by Gasteiger charge is 2.32. The molecule has 140 valence electrons. The number of phenols is 4. The lowest BCUT2D eigenvalue weighted by atomic mass is 10.1. The minimum atomic E-state index is -0.585. The molecular weight excluding hydrogens is 362 g/mol. The van der Waals surface area contributed by atoms with Crippen LogP contribution in [0.15, 0.2) is 60.3 Å². The molecule has 3 aromatic carbocycles. The second kappa shape index (κ2) is 6.55. The number of para-hydroxylation sites is 1. The van der Waals surface area contributed by atoms with Crippen LogP contribution in [0.2, 0.25) is 0 Å². The van der Waals surface area contributed by atoms with Crippen LogP contribution in [-0.2, 0) is 0 Å². The average molecular weight is 377 g/mol. The maximum absolute atomic E-state index is 12.6. The minimum Gasteiger partial charge on any atom is -0.504 e. The van der Waals surface area contributed by atoms with E-state index < -0.39 is 17.3 Å². The van der Waals surface area contributed by atoms with E-state index in [1.165, 1.54) is 30.3 Å². The molecule has 1 aliphatic rings. The molecule has 0 fully saturated rings. The van der Waals surface area contributed by atoms with Gasteiger partial charge in [0.15, 0.2) is 23.0 Å². The van der Waals surface area contributed by atoms with Gasteiger partial charge in [-0.05, 0) is 35.9 Å². The Labute approximate surface area is 159 Å². The Hall–Kier alpha value is -4.13. The van der Waals surface area contributed by atoms with Crippen LogP contribution in [0.25, 0.3) is 6.08 Å². The molecule has 5 N–H and O–H groups in total. The SMILES string of the molecule is O=C1C(=Cc2ccc(O)c(O)c2)Nc2cc(Oc3ccccc3)c(O)c(O)c21. The van der Waals surface area contributed by atoms with Gasteiger partial charge >= 0.3 is 0 Å². The van der Waals surface area contributed by atoms with E-state index in [0.29, 0.717) is 11.3 Å². The van der Waals surface area contributed by atoms with Crippen molar-refractivity contribution in [3.8, 4) is 34.5 Å². The number of phenolic OH excluding ortho intramolecular Hbond substituents is 4. The van der Waals surface area contributed by atoms with Crippen molar-refractivity contribution >= 4 is 17.5 Å². The normalized spacial score (nSPS) is 14.0. The first-order valence-electron chi connectivity index (χ1n) is 8.31. The third kappa shape index (κ3) is 2.95. The topological polar surface area (TPSA) is 119 Å². The first kappa shape index (κ1) is 17.3. The molecule has 0 bridgehead atoms. The highest BCUT2D eigenvalue weighted by atomic mass is 16.5. The van der Waals surface area contributed by atoms with Crippen LogP contribution in [-0.4, -0.2) is 26.2 Å². The quantitative estimate of drug-likeness (QED) is 0.266. The Balaban J connectivity index is 1.71. The summed E-state index contributed by atoms with van der Waals surface area (Å²) in [7, 11) is 0. The minimum absolute atomic E-state index is 0.00808. The lowest BCUT2D eigenvalue weighted by Crippen LogP contribution is -1.99. The molecule has 0 aromatic heterocycles. The fraction of sp³-hybridized carbons (Fsp3) is 0. The first-order chi connectivity index (χ1) is 13.4. The fourth-order valence-corrected chi connectivity index (χ4v) is 2.89. The Bertz CT molecular complexity index is 1120. The number of hydrogen-bond acceptors (Lipinski definition) is 7. The predicted octanol–water partition coefficient (Wildman–Crippen LogP) is 3.95. The number of benzene rings is 3. The molecule has 4 rings (SSSR count). The van der Waals surface area contributed by atoms with Gasteiger partial charge < -0.3 is 30.5 Å². The van der Waals surface area contributed by atoms with Crippen molar-refractivity contribution in [1.29, 1.82) is 0 Å². The van der Waals surface area contributed by atoms with Crippen LogP contribution in [0.1, 0.15) is 15.9 Å². The maximum atomic E-state index is 12.6. The van der Waals surface area contributed by atoms with Gasteiger partial charge in [0.1, 0.15) is 5.75 Å². The number of ether oxygens (including phenoxy) is 1. The molecule has 7 nitrogen and oxygen atoms in total. The number of nitrogens with one attached hydrogen (secondary N) is 1. The highest BCUT2D eigenvalue weighted by molar-refractivity contribution is 6.22. The zero-order valence-electron chi connectivity index (χ0n) is 14.4. The number of carbonyl (C=O) groups is 1. The van der Waals surface area contributed by atoms with E-state index in [0.717, 1.165) is 0 Å². The van der Waals surface area contributed by atoms with E-state index in [9.17, 15) is 25.2 Å². The van der Waals surface area contributed by atoms with Gasteiger partial charge in [0.2, 0.25) is 11.5 Å². The number of anilines is 1. The molecule has 3 aromatic rings. The zero-order chi connectivity index (χ0) is 19.8. The Morgan fingerprint density at radius 2 is 1.61 bits per heavy atom. The second-order valence-corrected chi connectivity index (χ2v) is 6.17. The van der Waals surface area contributed by atoms with Crippen LogP contribution >= 0.6 is 0 Å². The number of allylic oxidation sites excluding steroid dienone is 1. The third-order valence-electron chi connectivity index (χ3n) is 4.26. The van der Waals surface area contributed by atoms with Gasteiger partial charge in [-0.15, -0.1) is 0 Å². The van der Waals surface area contributed by atoms with Crippen LogP contribution in [0.3, 0.4) is 0 Å². The van der Waals surface area contributed by atoms with Gasteiger partial charge in [0.25, 0.3) is 0 Å². The molecule has 0 radical (unpaired) electrons. The molecular formula is C21H15NO6. The van der Waals surface area contributed by atoms with Crippen molar-refractivity contribution in [3.63, 3.8) is 0 Å². The van der Waals surface area contributed by atoms with E-state index in [4.69, 9.17) is 4.74 Å². The first-order valence-corrected chi connectivity index (χ1v) is 8.31. The summed E-state index contributed by atoms with van der Waals surface area (Å²) in [4.78, 5) is 12.6. The van der Waals surface area contributed by atoms with Gasteiger partial charge in [-0.3, -0.25) is 4.79 Å². The number of rotatable bonds is 3. The van der Waals surface area contributed by atoms with Crippen molar-refractivity contribution in [2.45, 2.75) is 0 Å². The number of fused-ring (bicyclic) bond motifs is 1.